The van der Waals surface area contributed by atoms with Crippen LogP contribution in [0.4, 0.5) is 15.8 Å². The fraction of sp³-hybridized carbons (Fsp3) is 0.263. The molecule has 154 valence electrons. The number of hydrogen-bond acceptors (Lipinski definition) is 5. The molecule has 0 unspecified atom stereocenters. The van der Waals surface area contributed by atoms with Crippen molar-refractivity contribution in [2.75, 3.05) is 42.7 Å². The van der Waals surface area contributed by atoms with Gasteiger partial charge >= 0.3 is 0 Å². The molecule has 1 aliphatic rings. The van der Waals surface area contributed by atoms with Gasteiger partial charge in [-0.15, -0.1) is 0 Å². The zero-order chi connectivity index (χ0) is 21.0. The first-order chi connectivity index (χ1) is 13.7. The van der Waals surface area contributed by atoms with Crippen LogP contribution in [0.3, 0.4) is 0 Å². The third-order valence-electron chi connectivity index (χ3n) is 4.53. The Bertz CT molecular complexity index is 987. The summed E-state index contributed by atoms with van der Waals surface area (Å²) in [6.45, 7) is 2.15. The van der Waals surface area contributed by atoms with Crippen LogP contribution >= 0.6 is 12.2 Å². The van der Waals surface area contributed by atoms with Crippen molar-refractivity contribution in [2.24, 2.45) is 0 Å². The van der Waals surface area contributed by atoms with Gasteiger partial charge in [0.2, 0.25) is 10.0 Å². The Kier molecular flexibility index (Phi) is 6.46. The molecular formula is C19H21FN4O3S2. The number of piperazine rings is 1. The van der Waals surface area contributed by atoms with Gasteiger partial charge in [0.1, 0.15) is 5.82 Å². The number of nitrogens with zero attached hydrogens (tertiary/aromatic N) is 2. The fourth-order valence-electron chi connectivity index (χ4n) is 2.97. The molecule has 0 saturated carbocycles. The predicted octanol–water partition coefficient (Wildman–Crippen LogP) is 2.03. The summed E-state index contributed by atoms with van der Waals surface area (Å²) in [6, 6.07) is 12.6. The second-order valence-electron chi connectivity index (χ2n) is 6.61. The molecule has 1 amide bonds. The lowest BCUT2D eigenvalue weighted by molar-refractivity contribution is 0.0977. The fourth-order valence-corrected chi connectivity index (χ4v) is 4.01. The van der Waals surface area contributed by atoms with Crippen LogP contribution in [0.1, 0.15) is 10.4 Å². The van der Waals surface area contributed by atoms with Gasteiger partial charge in [0, 0.05) is 43.1 Å². The van der Waals surface area contributed by atoms with Crippen molar-refractivity contribution in [2.45, 2.75) is 0 Å². The van der Waals surface area contributed by atoms with E-state index in [1.165, 1.54) is 34.8 Å². The van der Waals surface area contributed by atoms with E-state index < -0.39 is 21.7 Å². The Morgan fingerprint density at radius 1 is 1.00 bits per heavy atom. The zero-order valence-electron chi connectivity index (χ0n) is 15.8. The number of rotatable bonds is 4. The van der Waals surface area contributed by atoms with Crippen molar-refractivity contribution in [1.29, 1.82) is 0 Å². The number of hydrogen-bond donors (Lipinski definition) is 2. The molecule has 0 radical (unpaired) electrons. The molecule has 0 bridgehead atoms. The maximum atomic E-state index is 12.9. The lowest BCUT2D eigenvalue weighted by Gasteiger charge is -2.34. The average Bonchev–Trinajstić information content (AvgIpc) is 2.68. The summed E-state index contributed by atoms with van der Waals surface area (Å²) in [5.74, 6) is -0.844. The largest absolute Gasteiger partial charge is 0.369 e. The highest BCUT2D eigenvalue weighted by molar-refractivity contribution is 7.88. The van der Waals surface area contributed by atoms with Crippen LogP contribution < -0.4 is 15.5 Å². The molecule has 0 atom stereocenters. The number of benzene rings is 2. The third kappa shape index (κ3) is 5.72. The summed E-state index contributed by atoms with van der Waals surface area (Å²) < 4.78 is 37.6. The minimum absolute atomic E-state index is 0.133. The number of nitrogens with one attached hydrogen (secondary N) is 2. The monoisotopic (exact) mass is 436 g/mol. The van der Waals surface area contributed by atoms with E-state index in [1.54, 1.807) is 0 Å². The lowest BCUT2D eigenvalue weighted by atomic mass is 10.2. The van der Waals surface area contributed by atoms with Gasteiger partial charge in [0.25, 0.3) is 5.91 Å². The van der Waals surface area contributed by atoms with E-state index in [-0.39, 0.29) is 5.11 Å². The summed E-state index contributed by atoms with van der Waals surface area (Å²) in [6.07, 6.45) is 1.22. The van der Waals surface area contributed by atoms with Gasteiger partial charge in [0.05, 0.1) is 6.26 Å². The number of thiocarbonyl (C=S) groups is 1. The lowest BCUT2D eigenvalue weighted by Crippen LogP contribution is -2.48. The van der Waals surface area contributed by atoms with Crippen molar-refractivity contribution >= 4 is 44.6 Å². The zero-order valence-corrected chi connectivity index (χ0v) is 17.4. The quantitative estimate of drug-likeness (QED) is 0.714. The van der Waals surface area contributed by atoms with Crippen LogP contribution in [0.15, 0.2) is 48.5 Å². The number of halogens is 1. The third-order valence-corrected chi connectivity index (χ3v) is 6.04. The average molecular weight is 437 g/mol. The second kappa shape index (κ2) is 8.85. The Labute approximate surface area is 174 Å². The van der Waals surface area contributed by atoms with Crippen molar-refractivity contribution in [3.8, 4) is 0 Å². The summed E-state index contributed by atoms with van der Waals surface area (Å²) in [4.78, 5) is 14.2. The Balaban J connectivity index is 1.53. The number of carbonyl (C=O) groups excluding carboxylic acids is 1. The molecule has 1 aliphatic heterocycles. The molecule has 29 heavy (non-hydrogen) atoms. The molecule has 3 rings (SSSR count). The molecular weight excluding hydrogens is 415 g/mol. The van der Waals surface area contributed by atoms with E-state index in [0.29, 0.717) is 37.4 Å². The van der Waals surface area contributed by atoms with Crippen LogP contribution in [0.2, 0.25) is 0 Å². The summed E-state index contributed by atoms with van der Waals surface area (Å²) in [7, 11) is -3.15. The van der Waals surface area contributed by atoms with Crippen molar-refractivity contribution in [3.05, 3.63) is 59.9 Å². The molecule has 1 heterocycles. The molecule has 0 spiro atoms. The first-order valence-electron chi connectivity index (χ1n) is 8.90. The maximum Gasteiger partial charge on any atom is 0.257 e. The van der Waals surface area contributed by atoms with Gasteiger partial charge in [-0.3, -0.25) is 10.1 Å². The molecule has 0 aliphatic carbocycles. The van der Waals surface area contributed by atoms with E-state index in [1.807, 2.05) is 24.3 Å². The second-order valence-corrected chi connectivity index (χ2v) is 9.00. The molecule has 10 heteroatoms. The Morgan fingerprint density at radius 2 is 1.59 bits per heavy atom. The summed E-state index contributed by atoms with van der Waals surface area (Å²) in [5.41, 5.74) is 1.98. The predicted molar refractivity (Wildman–Crippen MR) is 115 cm³/mol. The number of sulfonamides is 1. The van der Waals surface area contributed by atoms with Gasteiger partial charge in [-0.25, -0.2) is 12.8 Å². The molecule has 1 saturated heterocycles. The van der Waals surface area contributed by atoms with E-state index in [9.17, 15) is 17.6 Å². The van der Waals surface area contributed by atoms with Crippen molar-refractivity contribution in [3.63, 3.8) is 0 Å². The summed E-state index contributed by atoms with van der Waals surface area (Å²) >= 11 is 5.15. The molecule has 0 aromatic heterocycles. The minimum Gasteiger partial charge on any atom is -0.369 e. The molecule has 7 nitrogen and oxygen atoms in total. The maximum absolute atomic E-state index is 12.9. The first-order valence-corrected chi connectivity index (χ1v) is 11.2. The van der Waals surface area contributed by atoms with Crippen LogP contribution in [0.25, 0.3) is 0 Å². The highest BCUT2D eigenvalue weighted by Gasteiger charge is 2.23. The van der Waals surface area contributed by atoms with E-state index in [2.05, 4.69) is 15.5 Å². The van der Waals surface area contributed by atoms with Crippen molar-refractivity contribution < 1.29 is 17.6 Å². The number of amides is 1. The van der Waals surface area contributed by atoms with Crippen LogP contribution in [0.5, 0.6) is 0 Å². The van der Waals surface area contributed by atoms with Crippen LogP contribution in [0, 0.1) is 5.82 Å². The smallest absolute Gasteiger partial charge is 0.257 e. The standard InChI is InChI=1S/C19H21FN4O3S2/c1-29(26,27)24-12-10-23(11-13-24)17-8-6-16(7-9-17)21-19(28)22-18(25)14-2-4-15(20)5-3-14/h2-9H,10-13H2,1H3,(H2,21,22,25,28). The molecule has 1 fully saturated rings. The van der Waals surface area contributed by atoms with Gasteiger partial charge in [-0.1, -0.05) is 0 Å². The van der Waals surface area contributed by atoms with Crippen LogP contribution in [-0.2, 0) is 10.0 Å². The highest BCUT2D eigenvalue weighted by atomic mass is 32.2. The van der Waals surface area contributed by atoms with Crippen molar-refractivity contribution in [1.82, 2.24) is 9.62 Å². The van der Waals surface area contributed by atoms with Gasteiger partial charge in [0.15, 0.2) is 5.11 Å². The normalized spacial score (nSPS) is 15.0. The minimum atomic E-state index is -3.15. The van der Waals surface area contributed by atoms with Gasteiger partial charge in [-0.05, 0) is 60.7 Å². The Hall–Kier alpha value is -2.56. The number of carbonyl (C=O) groups is 1. The SMILES string of the molecule is CS(=O)(=O)N1CCN(c2ccc(NC(=S)NC(=O)c3ccc(F)cc3)cc2)CC1. The topological polar surface area (TPSA) is 81.8 Å². The molecule has 2 aromatic rings. The van der Waals surface area contributed by atoms with Crippen LogP contribution in [-0.4, -0.2) is 56.2 Å². The first kappa shape index (κ1) is 21.2. The molecule has 2 N–H and O–H groups in total. The van der Waals surface area contributed by atoms with Gasteiger partial charge < -0.3 is 10.2 Å². The molecule has 2 aromatic carbocycles. The van der Waals surface area contributed by atoms with E-state index in [0.717, 1.165) is 5.69 Å². The Morgan fingerprint density at radius 3 is 2.14 bits per heavy atom. The van der Waals surface area contributed by atoms with E-state index >= 15 is 0 Å². The number of anilines is 2. The van der Waals surface area contributed by atoms with E-state index in [4.69, 9.17) is 12.2 Å². The summed E-state index contributed by atoms with van der Waals surface area (Å²) in [5, 5.41) is 5.61. The van der Waals surface area contributed by atoms with Gasteiger partial charge in [-0.2, -0.15) is 4.31 Å². The highest BCUT2D eigenvalue weighted by Crippen LogP contribution is 2.20.